The summed E-state index contributed by atoms with van der Waals surface area (Å²) in [5, 5.41) is 0. The highest BCUT2D eigenvalue weighted by atomic mass is 32.2. The molecular weight excluding hydrogens is 384 g/mol. The molecular formula is C20H23F2N3O2S. The van der Waals surface area contributed by atoms with Gasteiger partial charge in [-0.05, 0) is 31.7 Å². The molecule has 0 radical (unpaired) electrons. The van der Waals surface area contributed by atoms with Crippen molar-refractivity contribution in [3.63, 3.8) is 0 Å². The molecule has 5 nitrogen and oxygen atoms in total. The fraction of sp³-hybridized carbons (Fsp3) is 0.450. The lowest BCUT2D eigenvalue weighted by atomic mass is 10.0. The maximum atomic E-state index is 15.4. The third-order valence-electron chi connectivity index (χ3n) is 5.56. The Bertz CT molecular complexity index is 983. The lowest BCUT2D eigenvalue weighted by Crippen LogP contribution is -2.41. The minimum absolute atomic E-state index is 0.0140. The Morgan fingerprint density at radius 3 is 2.61 bits per heavy atom. The zero-order valence-electron chi connectivity index (χ0n) is 15.7. The van der Waals surface area contributed by atoms with E-state index in [1.165, 1.54) is 0 Å². The largest absolute Gasteiger partial charge is 0.361 e. The van der Waals surface area contributed by atoms with Crippen LogP contribution in [0.2, 0.25) is 0 Å². The van der Waals surface area contributed by atoms with Gasteiger partial charge in [0.2, 0.25) is 5.95 Å². The Labute approximate surface area is 163 Å². The van der Waals surface area contributed by atoms with E-state index in [9.17, 15) is 8.42 Å². The van der Waals surface area contributed by atoms with E-state index in [0.717, 1.165) is 24.8 Å². The number of fused-ring (bicyclic) bond motifs is 1. The summed E-state index contributed by atoms with van der Waals surface area (Å²) in [6.45, 7) is 2.85. The second-order valence-corrected chi connectivity index (χ2v) is 9.53. The van der Waals surface area contributed by atoms with Crippen LogP contribution < -0.4 is 9.80 Å². The number of rotatable bonds is 3. The molecule has 150 valence electrons. The molecule has 0 bridgehead atoms. The van der Waals surface area contributed by atoms with E-state index >= 15 is 8.78 Å². The van der Waals surface area contributed by atoms with Crippen LogP contribution in [0.25, 0.3) is 0 Å². The van der Waals surface area contributed by atoms with Gasteiger partial charge in [-0.3, -0.25) is 0 Å². The molecule has 2 aromatic rings. The van der Waals surface area contributed by atoms with Crippen molar-refractivity contribution >= 4 is 21.3 Å². The summed E-state index contributed by atoms with van der Waals surface area (Å²) in [5.41, 5.74) is 0.641. The Hall–Kier alpha value is -2.22. The second kappa shape index (κ2) is 7.31. The lowest BCUT2D eigenvalue weighted by Gasteiger charge is -2.36. The second-order valence-electron chi connectivity index (χ2n) is 7.48. The number of aromatic nitrogens is 1. The Kier molecular flexibility index (Phi) is 4.99. The van der Waals surface area contributed by atoms with Crippen LogP contribution in [0.1, 0.15) is 31.7 Å². The molecule has 1 aromatic carbocycles. The van der Waals surface area contributed by atoms with Crippen molar-refractivity contribution in [1.82, 2.24) is 4.98 Å². The minimum atomic E-state index is -3.92. The van der Waals surface area contributed by atoms with Crippen molar-refractivity contribution in [1.29, 1.82) is 0 Å². The zero-order valence-corrected chi connectivity index (χ0v) is 16.6. The number of hydrogen-bond donors (Lipinski definition) is 0. The standard InChI is InChI=1S/C20H23F2N3O2S/c1-14-7-5-6-10-25(14)20-16(21)18-17(19(22)23-20)24(11-12-28(18,26)27)13-15-8-3-2-4-9-15/h2-4,8-9,14H,5-7,10-13H2,1H3. The van der Waals surface area contributed by atoms with Gasteiger partial charge in [0.05, 0.1) is 5.75 Å². The lowest BCUT2D eigenvalue weighted by molar-refractivity contribution is 0.456. The minimum Gasteiger partial charge on any atom is -0.361 e. The number of pyridine rings is 1. The Morgan fingerprint density at radius 2 is 1.89 bits per heavy atom. The number of anilines is 2. The van der Waals surface area contributed by atoms with Gasteiger partial charge in [0.1, 0.15) is 10.6 Å². The summed E-state index contributed by atoms with van der Waals surface area (Å²) in [4.78, 5) is 6.61. The van der Waals surface area contributed by atoms with E-state index in [2.05, 4.69) is 4.98 Å². The molecule has 0 saturated carbocycles. The summed E-state index contributed by atoms with van der Waals surface area (Å²) < 4.78 is 55.9. The molecule has 1 saturated heterocycles. The molecule has 2 aliphatic rings. The smallest absolute Gasteiger partial charge is 0.239 e. The van der Waals surface area contributed by atoms with Crippen LogP contribution in [0.3, 0.4) is 0 Å². The maximum absolute atomic E-state index is 15.4. The Balaban J connectivity index is 1.82. The SMILES string of the molecule is CC1CCCCN1c1nc(F)c2c(c1F)S(=O)(=O)CCN2Cc1ccccc1. The number of piperidine rings is 1. The number of sulfone groups is 1. The summed E-state index contributed by atoms with van der Waals surface area (Å²) in [7, 11) is -3.92. The van der Waals surface area contributed by atoms with Crippen molar-refractivity contribution in [3.05, 3.63) is 47.7 Å². The highest BCUT2D eigenvalue weighted by molar-refractivity contribution is 7.91. The van der Waals surface area contributed by atoms with E-state index in [0.29, 0.717) is 13.1 Å². The van der Waals surface area contributed by atoms with Crippen molar-refractivity contribution in [2.45, 2.75) is 43.7 Å². The van der Waals surface area contributed by atoms with Crippen LogP contribution in [-0.4, -0.2) is 38.3 Å². The van der Waals surface area contributed by atoms with Gasteiger partial charge < -0.3 is 9.80 Å². The molecule has 1 fully saturated rings. The van der Waals surface area contributed by atoms with Gasteiger partial charge in [-0.15, -0.1) is 0 Å². The van der Waals surface area contributed by atoms with Gasteiger partial charge in [-0.1, -0.05) is 30.3 Å². The molecule has 1 aromatic heterocycles. The molecule has 8 heteroatoms. The summed E-state index contributed by atoms with van der Waals surface area (Å²) in [5.74, 6) is -2.29. The van der Waals surface area contributed by atoms with E-state index in [1.54, 1.807) is 9.80 Å². The average Bonchev–Trinajstić information content (AvgIpc) is 2.67. The fourth-order valence-electron chi connectivity index (χ4n) is 4.06. The van der Waals surface area contributed by atoms with E-state index in [-0.39, 0.29) is 29.8 Å². The number of nitrogens with zero attached hydrogens (tertiary/aromatic N) is 3. The van der Waals surface area contributed by atoms with Crippen molar-refractivity contribution in [2.24, 2.45) is 0 Å². The predicted molar refractivity (Wildman–Crippen MR) is 104 cm³/mol. The average molecular weight is 407 g/mol. The molecule has 3 heterocycles. The Morgan fingerprint density at radius 1 is 1.14 bits per heavy atom. The van der Waals surface area contributed by atoms with E-state index in [1.807, 2.05) is 37.3 Å². The monoisotopic (exact) mass is 407 g/mol. The highest BCUT2D eigenvalue weighted by Crippen LogP contribution is 2.39. The number of hydrogen-bond acceptors (Lipinski definition) is 5. The van der Waals surface area contributed by atoms with Gasteiger partial charge in [-0.2, -0.15) is 9.37 Å². The first-order chi connectivity index (χ1) is 13.4. The highest BCUT2D eigenvalue weighted by Gasteiger charge is 2.38. The van der Waals surface area contributed by atoms with Crippen LogP contribution in [-0.2, 0) is 16.4 Å². The molecule has 0 amide bonds. The molecule has 0 aliphatic carbocycles. The first-order valence-electron chi connectivity index (χ1n) is 9.56. The molecule has 1 unspecified atom stereocenters. The molecule has 1 atom stereocenters. The van der Waals surface area contributed by atoms with Crippen LogP contribution in [0.15, 0.2) is 35.2 Å². The quantitative estimate of drug-likeness (QED) is 0.729. The van der Waals surface area contributed by atoms with E-state index in [4.69, 9.17) is 0 Å². The third-order valence-corrected chi connectivity index (χ3v) is 7.27. The first-order valence-corrected chi connectivity index (χ1v) is 11.2. The third kappa shape index (κ3) is 3.34. The molecule has 0 spiro atoms. The van der Waals surface area contributed by atoms with Crippen LogP contribution in [0.4, 0.5) is 20.3 Å². The van der Waals surface area contributed by atoms with Gasteiger partial charge in [-0.25, -0.2) is 12.8 Å². The summed E-state index contributed by atoms with van der Waals surface area (Å²) in [6.07, 6.45) is 2.69. The number of halogens is 2. The van der Waals surface area contributed by atoms with Crippen molar-refractivity contribution in [3.8, 4) is 0 Å². The first kappa shape index (κ1) is 19.1. The number of benzene rings is 1. The van der Waals surface area contributed by atoms with Gasteiger partial charge >= 0.3 is 0 Å². The maximum Gasteiger partial charge on any atom is 0.239 e. The van der Waals surface area contributed by atoms with Crippen LogP contribution in [0.5, 0.6) is 0 Å². The predicted octanol–water partition coefficient (Wildman–Crippen LogP) is 3.53. The van der Waals surface area contributed by atoms with Crippen molar-refractivity contribution in [2.75, 3.05) is 28.6 Å². The summed E-state index contributed by atoms with van der Waals surface area (Å²) in [6, 6.07) is 9.30. The van der Waals surface area contributed by atoms with Crippen LogP contribution in [0, 0.1) is 11.8 Å². The zero-order chi connectivity index (χ0) is 19.9. The van der Waals surface area contributed by atoms with Crippen molar-refractivity contribution < 1.29 is 17.2 Å². The molecule has 2 aliphatic heterocycles. The molecule has 0 N–H and O–H groups in total. The van der Waals surface area contributed by atoms with Gasteiger partial charge in [0.25, 0.3) is 0 Å². The van der Waals surface area contributed by atoms with Crippen LogP contribution >= 0.6 is 0 Å². The molecule has 28 heavy (non-hydrogen) atoms. The fourth-order valence-corrected chi connectivity index (χ4v) is 5.60. The molecule has 4 rings (SSSR count). The van der Waals surface area contributed by atoms with E-state index < -0.39 is 26.5 Å². The normalized spacial score (nSPS) is 21.5. The van der Waals surface area contributed by atoms with Gasteiger partial charge in [0.15, 0.2) is 21.5 Å². The topological polar surface area (TPSA) is 53.5 Å². The summed E-state index contributed by atoms with van der Waals surface area (Å²) >= 11 is 0. The van der Waals surface area contributed by atoms with Gasteiger partial charge in [0, 0.05) is 25.7 Å².